The number of carbonyl (C=O) groups is 2. The lowest BCUT2D eigenvalue weighted by atomic mass is 9.86. The van der Waals surface area contributed by atoms with Crippen LogP contribution in [0.4, 0.5) is 5.69 Å². The lowest BCUT2D eigenvalue weighted by molar-refractivity contribution is -0.153. The number of ketones is 1. The van der Waals surface area contributed by atoms with Crippen molar-refractivity contribution in [3.05, 3.63) is 29.8 Å². The Morgan fingerprint density at radius 2 is 1.94 bits per heavy atom. The molecule has 0 saturated carbocycles. The van der Waals surface area contributed by atoms with Gasteiger partial charge < -0.3 is 9.64 Å². The van der Waals surface area contributed by atoms with Gasteiger partial charge in [-0.15, -0.1) is 0 Å². The van der Waals surface area contributed by atoms with E-state index in [1.54, 1.807) is 0 Å². The molecule has 4 nitrogen and oxygen atoms in total. The van der Waals surface area contributed by atoms with Gasteiger partial charge in [0.15, 0.2) is 5.60 Å². The summed E-state index contributed by atoms with van der Waals surface area (Å²) in [7, 11) is 0. The number of nitrogens with zero attached hydrogens (tertiary/aromatic N) is 1. The summed E-state index contributed by atoms with van der Waals surface area (Å²) in [5.74, 6) is -0.426. The van der Waals surface area contributed by atoms with Crippen LogP contribution in [0.25, 0.3) is 0 Å². The number of carbonyl (C=O) groups excluding carboxylic acids is 2. The Morgan fingerprint density at radius 1 is 1.28 bits per heavy atom. The van der Waals surface area contributed by atoms with Crippen molar-refractivity contribution in [1.29, 1.82) is 0 Å². The first-order valence-electron chi connectivity index (χ1n) is 6.21. The number of hydrogen-bond donors (Lipinski definition) is 0. The van der Waals surface area contributed by atoms with Crippen LogP contribution in [0.2, 0.25) is 0 Å². The molecule has 4 rings (SSSR count). The van der Waals surface area contributed by atoms with Gasteiger partial charge in [-0.25, -0.2) is 0 Å². The minimum absolute atomic E-state index is 0.0479. The summed E-state index contributed by atoms with van der Waals surface area (Å²) in [5.41, 5.74) is 0.706. The van der Waals surface area contributed by atoms with Gasteiger partial charge in [0.1, 0.15) is 0 Å². The zero-order chi connectivity index (χ0) is 12.8. The monoisotopic (exact) mass is 245 g/mol. The van der Waals surface area contributed by atoms with Crippen LogP contribution in [-0.2, 0) is 9.53 Å². The highest BCUT2D eigenvalue weighted by molar-refractivity contribution is 6.08. The molecular formula is C14H15NO3. The summed E-state index contributed by atoms with van der Waals surface area (Å²) >= 11 is 0. The van der Waals surface area contributed by atoms with Crippen LogP contribution in [0.5, 0.6) is 0 Å². The van der Waals surface area contributed by atoms with Crippen molar-refractivity contribution in [3.63, 3.8) is 0 Å². The molecule has 0 N–H and O–H groups in total. The van der Waals surface area contributed by atoms with Crippen molar-refractivity contribution < 1.29 is 14.3 Å². The minimum Gasteiger partial charge on any atom is -0.451 e. The average molecular weight is 245 g/mol. The molecule has 0 amide bonds. The first kappa shape index (κ1) is 11.3. The molecule has 94 valence electrons. The summed E-state index contributed by atoms with van der Waals surface area (Å²) in [6, 6.07) is 7.56. The highest BCUT2D eigenvalue weighted by Gasteiger charge is 2.48. The first-order valence-corrected chi connectivity index (χ1v) is 6.21. The van der Waals surface area contributed by atoms with Gasteiger partial charge in [0.2, 0.25) is 5.78 Å². The Hall–Kier alpha value is -1.84. The van der Waals surface area contributed by atoms with Gasteiger partial charge in [0, 0.05) is 44.1 Å². The van der Waals surface area contributed by atoms with Crippen LogP contribution < -0.4 is 4.90 Å². The van der Waals surface area contributed by atoms with E-state index in [9.17, 15) is 9.59 Å². The lowest BCUT2D eigenvalue weighted by Crippen LogP contribution is -2.49. The zero-order valence-electron chi connectivity index (χ0n) is 10.3. The summed E-state index contributed by atoms with van der Waals surface area (Å²) in [5, 5.41) is 0. The van der Waals surface area contributed by atoms with Crippen LogP contribution in [-0.4, -0.2) is 30.4 Å². The van der Waals surface area contributed by atoms with Crippen molar-refractivity contribution >= 4 is 17.4 Å². The second-order valence-electron chi connectivity index (χ2n) is 4.92. The summed E-state index contributed by atoms with van der Waals surface area (Å²) in [6.07, 6.45) is 1.17. The van der Waals surface area contributed by atoms with Gasteiger partial charge in [-0.1, -0.05) is 12.1 Å². The Bertz CT molecular complexity index is 516. The highest BCUT2D eigenvalue weighted by Crippen LogP contribution is 2.39. The molecule has 3 aliphatic rings. The molecular weight excluding hydrogens is 230 g/mol. The fourth-order valence-electron chi connectivity index (χ4n) is 2.95. The molecule has 1 fully saturated rings. The van der Waals surface area contributed by atoms with Crippen molar-refractivity contribution in [2.24, 2.45) is 0 Å². The topological polar surface area (TPSA) is 46.6 Å². The molecule has 0 aliphatic carbocycles. The standard InChI is InChI=1S/C14H15NO3/c1-10(16)18-14-6-8-15(9-7-14)12-5-3-2-4-11(12)13(14)17/h2-5H,6-9H2,1H3. The number of benzene rings is 1. The zero-order valence-corrected chi connectivity index (χ0v) is 10.3. The number of ether oxygens (including phenoxy) is 1. The highest BCUT2D eigenvalue weighted by atomic mass is 16.6. The van der Waals surface area contributed by atoms with Crippen LogP contribution >= 0.6 is 0 Å². The maximum absolute atomic E-state index is 12.6. The average Bonchev–Trinajstić information content (AvgIpc) is 2.54. The lowest BCUT2D eigenvalue weighted by Gasteiger charge is -2.36. The maximum Gasteiger partial charge on any atom is 0.303 e. The molecule has 0 aromatic heterocycles. The number of hydrogen-bond acceptors (Lipinski definition) is 4. The number of esters is 1. The van der Waals surface area contributed by atoms with E-state index >= 15 is 0 Å². The Kier molecular flexibility index (Phi) is 2.40. The van der Waals surface area contributed by atoms with Crippen LogP contribution in [0, 0.1) is 0 Å². The molecule has 18 heavy (non-hydrogen) atoms. The second kappa shape index (κ2) is 3.83. The van der Waals surface area contributed by atoms with E-state index in [-0.39, 0.29) is 11.8 Å². The van der Waals surface area contributed by atoms with E-state index in [0.717, 1.165) is 18.8 Å². The fraction of sp³-hybridized carbons (Fsp3) is 0.429. The Balaban J connectivity index is 2.11. The summed E-state index contributed by atoms with van der Waals surface area (Å²) in [6.45, 7) is 2.89. The van der Waals surface area contributed by atoms with E-state index in [2.05, 4.69) is 4.90 Å². The predicted octanol–water partition coefficient (Wildman–Crippen LogP) is 1.78. The molecule has 1 aromatic carbocycles. The normalized spacial score (nSPS) is 20.3. The number of piperidine rings is 1. The predicted molar refractivity (Wildman–Crippen MR) is 66.7 cm³/mol. The third-order valence-corrected chi connectivity index (χ3v) is 3.81. The SMILES string of the molecule is CC(=O)OC12CCN(CC1)c1ccccc1C2=O. The van der Waals surface area contributed by atoms with Crippen LogP contribution in [0.1, 0.15) is 30.1 Å². The minimum atomic E-state index is -0.936. The Morgan fingerprint density at radius 3 is 2.61 bits per heavy atom. The molecule has 1 saturated heterocycles. The summed E-state index contributed by atoms with van der Waals surface area (Å²) < 4.78 is 5.40. The van der Waals surface area contributed by atoms with Gasteiger partial charge in [0.05, 0.1) is 0 Å². The molecule has 3 aliphatic heterocycles. The first-order chi connectivity index (χ1) is 8.62. The van der Waals surface area contributed by atoms with Crippen molar-refractivity contribution in [3.8, 4) is 0 Å². The van der Waals surface area contributed by atoms with Gasteiger partial charge in [-0.3, -0.25) is 9.59 Å². The molecule has 0 radical (unpaired) electrons. The quantitative estimate of drug-likeness (QED) is 0.708. The second-order valence-corrected chi connectivity index (χ2v) is 4.92. The maximum atomic E-state index is 12.6. The number of para-hydroxylation sites is 1. The largest absolute Gasteiger partial charge is 0.451 e. The van der Waals surface area contributed by atoms with Crippen molar-refractivity contribution in [2.75, 3.05) is 18.0 Å². The van der Waals surface area contributed by atoms with E-state index in [4.69, 9.17) is 4.74 Å². The number of rotatable bonds is 1. The molecule has 4 heteroatoms. The molecule has 1 aromatic rings. The Labute approximate surface area is 106 Å². The number of anilines is 1. The van der Waals surface area contributed by atoms with Crippen molar-refractivity contribution in [1.82, 2.24) is 0 Å². The van der Waals surface area contributed by atoms with Gasteiger partial charge in [-0.05, 0) is 12.1 Å². The van der Waals surface area contributed by atoms with E-state index < -0.39 is 5.60 Å². The van der Waals surface area contributed by atoms with E-state index in [1.165, 1.54) is 6.92 Å². The van der Waals surface area contributed by atoms with Crippen molar-refractivity contribution in [2.45, 2.75) is 25.4 Å². The number of Topliss-reactive ketones (excluding diaryl/α,β-unsaturated/α-hetero) is 1. The molecule has 0 atom stereocenters. The van der Waals surface area contributed by atoms with E-state index in [0.29, 0.717) is 18.4 Å². The van der Waals surface area contributed by atoms with Gasteiger partial charge in [0.25, 0.3) is 0 Å². The van der Waals surface area contributed by atoms with E-state index in [1.807, 2.05) is 24.3 Å². The molecule has 3 heterocycles. The fourth-order valence-corrected chi connectivity index (χ4v) is 2.95. The van der Waals surface area contributed by atoms with Crippen LogP contribution in [0.3, 0.4) is 0 Å². The van der Waals surface area contributed by atoms with Gasteiger partial charge in [-0.2, -0.15) is 0 Å². The third kappa shape index (κ3) is 1.52. The van der Waals surface area contributed by atoms with Gasteiger partial charge >= 0.3 is 5.97 Å². The molecule has 0 unspecified atom stereocenters. The third-order valence-electron chi connectivity index (χ3n) is 3.81. The molecule has 0 spiro atoms. The van der Waals surface area contributed by atoms with Crippen LogP contribution in [0.15, 0.2) is 24.3 Å². The molecule has 2 bridgehead atoms. The summed E-state index contributed by atoms with van der Waals surface area (Å²) in [4.78, 5) is 26.1. The number of fused-ring (bicyclic) bond motifs is 2. The smallest absolute Gasteiger partial charge is 0.303 e.